The van der Waals surface area contributed by atoms with Crippen molar-refractivity contribution in [2.45, 2.75) is 31.0 Å². The van der Waals surface area contributed by atoms with E-state index >= 15 is 0 Å². The van der Waals surface area contributed by atoms with Crippen LogP contribution in [0, 0.1) is 0 Å². The summed E-state index contributed by atoms with van der Waals surface area (Å²) in [5.74, 6) is -1.39. The fraction of sp³-hybridized carbons (Fsp3) is 0.462. The van der Waals surface area contributed by atoms with Crippen LogP contribution in [0.1, 0.15) is 29.9 Å². The van der Waals surface area contributed by atoms with Gasteiger partial charge in [-0.1, -0.05) is 18.2 Å². The van der Waals surface area contributed by atoms with Gasteiger partial charge >= 0.3 is 12.1 Å². The van der Waals surface area contributed by atoms with Crippen molar-refractivity contribution in [3.05, 3.63) is 35.4 Å². The lowest BCUT2D eigenvalue weighted by molar-refractivity contribution is -0.140. The maximum atomic E-state index is 12.9. The summed E-state index contributed by atoms with van der Waals surface area (Å²) < 4.78 is 38.8. The van der Waals surface area contributed by atoms with E-state index in [4.69, 9.17) is 5.11 Å². The number of halogens is 3. The molecule has 1 fully saturated rings. The first-order valence-electron chi connectivity index (χ1n) is 6.02. The maximum absolute atomic E-state index is 12.9. The minimum Gasteiger partial charge on any atom is -0.480 e. The number of carbonyl (C=O) groups is 1. The SMILES string of the molecule is O=C(O)C1CC(c2ccccc2C(F)(F)F)CCN1. The highest BCUT2D eigenvalue weighted by atomic mass is 19.4. The largest absolute Gasteiger partial charge is 0.480 e. The smallest absolute Gasteiger partial charge is 0.416 e. The van der Waals surface area contributed by atoms with E-state index in [0.717, 1.165) is 6.07 Å². The molecule has 1 aromatic rings. The van der Waals surface area contributed by atoms with Gasteiger partial charge in [0.1, 0.15) is 6.04 Å². The summed E-state index contributed by atoms with van der Waals surface area (Å²) in [4.78, 5) is 10.9. The fourth-order valence-electron chi connectivity index (χ4n) is 2.50. The first-order valence-corrected chi connectivity index (χ1v) is 6.02. The van der Waals surface area contributed by atoms with E-state index in [1.165, 1.54) is 12.1 Å². The van der Waals surface area contributed by atoms with E-state index in [-0.39, 0.29) is 17.9 Å². The normalized spacial score (nSPS) is 24.2. The Hall–Kier alpha value is -1.56. The quantitative estimate of drug-likeness (QED) is 0.871. The summed E-state index contributed by atoms with van der Waals surface area (Å²) in [5.41, 5.74) is -0.464. The van der Waals surface area contributed by atoms with Gasteiger partial charge in [0.25, 0.3) is 0 Å². The van der Waals surface area contributed by atoms with Crippen LogP contribution in [-0.4, -0.2) is 23.7 Å². The van der Waals surface area contributed by atoms with Gasteiger partial charge in [-0.25, -0.2) is 0 Å². The number of hydrogen-bond acceptors (Lipinski definition) is 2. The number of benzene rings is 1. The molecule has 104 valence electrons. The van der Waals surface area contributed by atoms with Crippen LogP contribution < -0.4 is 5.32 Å². The molecule has 1 saturated heterocycles. The number of hydrogen-bond donors (Lipinski definition) is 2. The average molecular weight is 273 g/mol. The lowest BCUT2D eigenvalue weighted by Gasteiger charge is -2.29. The van der Waals surface area contributed by atoms with Crippen molar-refractivity contribution >= 4 is 5.97 Å². The Balaban J connectivity index is 2.29. The predicted molar refractivity (Wildman–Crippen MR) is 62.8 cm³/mol. The molecular weight excluding hydrogens is 259 g/mol. The van der Waals surface area contributed by atoms with Crippen LogP contribution in [0.4, 0.5) is 13.2 Å². The number of aliphatic carboxylic acids is 1. The monoisotopic (exact) mass is 273 g/mol. The molecule has 6 heteroatoms. The molecular formula is C13H14F3NO2. The molecule has 1 heterocycles. The highest BCUT2D eigenvalue weighted by molar-refractivity contribution is 5.73. The number of carboxylic acids is 1. The topological polar surface area (TPSA) is 49.3 Å². The third-order valence-corrected chi connectivity index (χ3v) is 3.41. The van der Waals surface area contributed by atoms with E-state index < -0.39 is 23.8 Å². The molecule has 3 nitrogen and oxygen atoms in total. The molecule has 0 aromatic heterocycles. The number of alkyl halides is 3. The minimum absolute atomic E-state index is 0.183. The number of rotatable bonds is 2. The molecule has 1 aromatic carbocycles. The molecule has 2 N–H and O–H groups in total. The molecule has 1 aliphatic rings. The third-order valence-electron chi connectivity index (χ3n) is 3.41. The Morgan fingerprint density at radius 1 is 1.32 bits per heavy atom. The van der Waals surface area contributed by atoms with Gasteiger partial charge in [0.15, 0.2) is 0 Å². The van der Waals surface area contributed by atoms with Gasteiger partial charge in [0, 0.05) is 0 Å². The molecule has 0 aliphatic carbocycles. The van der Waals surface area contributed by atoms with Gasteiger partial charge in [0.2, 0.25) is 0 Å². The number of carboxylic acid groups (broad SMARTS) is 1. The summed E-state index contributed by atoms with van der Waals surface area (Å²) in [6.45, 7) is 0.411. The Bertz CT molecular complexity index is 473. The molecule has 0 amide bonds. The van der Waals surface area contributed by atoms with E-state index in [9.17, 15) is 18.0 Å². The third kappa shape index (κ3) is 3.07. The van der Waals surface area contributed by atoms with E-state index in [1.807, 2.05) is 0 Å². The average Bonchev–Trinajstić information content (AvgIpc) is 2.38. The standard InChI is InChI=1S/C13H14F3NO2/c14-13(15,16)10-4-2-1-3-9(10)8-5-6-17-11(7-8)12(18)19/h1-4,8,11,17H,5-7H2,(H,18,19). The maximum Gasteiger partial charge on any atom is 0.416 e. The summed E-state index contributed by atoms with van der Waals surface area (Å²) in [6.07, 6.45) is -3.71. The van der Waals surface area contributed by atoms with Gasteiger partial charge in [-0.2, -0.15) is 13.2 Å². The second kappa shape index (κ2) is 5.21. The molecule has 2 rings (SSSR count). The van der Waals surface area contributed by atoms with Crippen molar-refractivity contribution in [3.8, 4) is 0 Å². The highest BCUT2D eigenvalue weighted by Crippen LogP contribution is 2.38. The van der Waals surface area contributed by atoms with E-state index in [0.29, 0.717) is 13.0 Å². The zero-order chi connectivity index (χ0) is 14.0. The van der Waals surface area contributed by atoms with Crippen LogP contribution in [0.3, 0.4) is 0 Å². The van der Waals surface area contributed by atoms with Crippen LogP contribution in [0.5, 0.6) is 0 Å². The Kier molecular flexibility index (Phi) is 3.80. The van der Waals surface area contributed by atoms with Crippen LogP contribution >= 0.6 is 0 Å². The summed E-state index contributed by atoms with van der Waals surface area (Å²) in [6, 6.07) is 4.62. The van der Waals surface area contributed by atoms with Crippen molar-refractivity contribution in [3.63, 3.8) is 0 Å². The van der Waals surface area contributed by atoms with Crippen molar-refractivity contribution in [1.29, 1.82) is 0 Å². The van der Waals surface area contributed by atoms with Crippen molar-refractivity contribution in [1.82, 2.24) is 5.32 Å². The van der Waals surface area contributed by atoms with Crippen LogP contribution in [0.15, 0.2) is 24.3 Å². The van der Waals surface area contributed by atoms with Crippen molar-refractivity contribution in [2.75, 3.05) is 6.54 Å². The van der Waals surface area contributed by atoms with Gasteiger partial charge in [-0.05, 0) is 36.9 Å². The predicted octanol–water partition coefficient (Wildman–Crippen LogP) is 2.63. The number of piperidine rings is 1. The van der Waals surface area contributed by atoms with Crippen LogP contribution in [0.25, 0.3) is 0 Å². The second-order valence-corrected chi connectivity index (χ2v) is 4.65. The highest BCUT2D eigenvalue weighted by Gasteiger charge is 2.36. The Morgan fingerprint density at radius 3 is 2.63 bits per heavy atom. The van der Waals surface area contributed by atoms with Crippen molar-refractivity contribution in [2.24, 2.45) is 0 Å². The molecule has 1 aliphatic heterocycles. The Labute approximate surface area is 108 Å². The summed E-state index contributed by atoms with van der Waals surface area (Å²) >= 11 is 0. The zero-order valence-corrected chi connectivity index (χ0v) is 10.1. The lowest BCUT2D eigenvalue weighted by atomic mass is 9.84. The second-order valence-electron chi connectivity index (χ2n) is 4.65. The number of nitrogens with one attached hydrogen (secondary N) is 1. The molecule has 2 atom stereocenters. The van der Waals surface area contributed by atoms with E-state index in [2.05, 4.69) is 5.32 Å². The lowest BCUT2D eigenvalue weighted by Crippen LogP contribution is -2.43. The summed E-state index contributed by atoms with van der Waals surface area (Å²) in [7, 11) is 0. The van der Waals surface area contributed by atoms with Gasteiger partial charge in [-0.3, -0.25) is 4.79 Å². The fourth-order valence-corrected chi connectivity index (χ4v) is 2.50. The zero-order valence-electron chi connectivity index (χ0n) is 10.1. The van der Waals surface area contributed by atoms with Gasteiger partial charge < -0.3 is 10.4 Å². The molecule has 0 saturated carbocycles. The Morgan fingerprint density at radius 2 is 2.00 bits per heavy atom. The minimum atomic E-state index is -4.40. The molecule has 0 radical (unpaired) electrons. The molecule has 19 heavy (non-hydrogen) atoms. The van der Waals surface area contributed by atoms with Crippen LogP contribution in [-0.2, 0) is 11.0 Å². The van der Waals surface area contributed by atoms with Crippen molar-refractivity contribution < 1.29 is 23.1 Å². The molecule has 2 unspecified atom stereocenters. The summed E-state index contributed by atoms with van der Waals surface area (Å²) in [5, 5.41) is 11.7. The first-order chi connectivity index (χ1) is 8.89. The van der Waals surface area contributed by atoms with Gasteiger partial charge in [0.05, 0.1) is 5.56 Å². The molecule has 0 bridgehead atoms. The van der Waals surface area contributed by atoms with Gasteiger partial charge in [-0.15, -0.1) is 0 Å². The molecule has 0 spiro atoms. The van der Waals surface area contributed by atoms with Crippen LogP contribution in [0.2, 0.25) is 0 Å². The van der Waals surface area contributed by atoms with E-state index in [1.54, 1.807) is 6.07 Å². The first kappa shape index (κ1) is 13.9.